The van der Waals surface area contributed by atoms with Crippen LogP contribution in [0.5, 0.6) is 0 Å². The van der Waals surface area contributed by atoms with E-state index in [2.05, 4.69) is 11.4 Å². The molecule has 0 aromatic rings. The molecule has 0 bridgehead atoms. The molecule has 86 valence electrons. The van der Waals surface area contributed by atoms with Crippen LogP contribution in [0, 0.1) is 11.3 Å². The van der Waals surface area contributed by atoms with Crippen molar-refractivity contribution < 1.29 is 9.53 Å². The van der Waals surface area contributed by atoms with Crippen LogP contribution in [0.4, 0.5) is 0 Å². The summed E-state index contributed by atoms with van der Waals surface area (Å²) in [6, 6.07) is 1.55. The van der Waals surface area contributed by atoms with E-state index in [1.165, 1.54) is 0 Å². The van der Waals surface area contributed by atoms with Gasteiger partial charge in [-0.25, -0.2) is 0 Å². The Bertz CT molecular complexity index is 213. The Hall–Kier alpha value is -1.12. The molecule has 0 rings (SSSR count). The third kappa shape index (κ3) is 7.91. The Labute approximate surface area is 90.6 Å². The molecule has 1 amide bonds. The van der Waals surface area contributed by atoms with Crippen LogP contribution in [0.15, 0.2) is 0 Å². The SMILES string of the molecule is COCCC(N)C(=O)NCCCCC#N. The molecular formula is C10H19N3O2. The number of unbranched alkanes of at least 4 members (excludes halogenated alkanes) is 2. The smallest absolute Gasteiger partial charge is 0.237 e. The van der Waals surface area contributed by atoms with Crippen LogP contribution in [-0.4, -0.2) is 32.2 Å². The molecule has 5 nitrogen and oxygen atoms in total. The summed E-state index contributed by atoms with van der Waals surface area (Å²) in [6.45, 7) is 1.07. The van der Waals surface area contributed by atoms with E-state index in [0.29, 0.717) is 26.0 Å². The lowest BCUT2D eigenvalue weighted by Crippen LogP contribution is -2.41. The molecule has 0 aromatic carbocycles. The molecule has 0 aliphatic carbocycles. The molecule has 3 N–H and O–H groups in total. The summed E-state index contributed by atoms with van der Waals surface area (Å²) in [7, 11) is 1.58. The maximum absolute atomic E-state index is 11.3. The summed E-state index contributed by atoms with van der Waals surface area (Å²) in [5.41, 5.74) is 5.60. The highest BCUT2D eigenvalue weighted by Crippen LogP contribution is 1.93. The molecule has 1 unspecified atom stereocenters. The Morgan fingerprint density at radius 2 is 2.33 bits per heavy atom. The van der Waals surface area contributed by atoms with Crippen LogP contribution in [0.1, 0.15) is 25.7 Å². The second kappa shape index (κ2) is 9.44. The van der Waals surface area contributed by atoms with Gasteiger partial charge in [0.25, 0.3) is 0 Å². The third-order valence-corrected chi connectivity index (χ3v) is 1.98. The number of nitrogens with one attached hydrogen (secondary N) is 1. The molecular weight excluding hydrogens is 194 g/mol. The number of methoxy groups -OCH3 is 1. The van der Waals surface area contributed by atoms with Crippen molar-refractivity contribution in [2.24, 2.45) is 5.73 Å². The zero-order chi connectivity index (χ0) is 11.5. The minimum Gasteiger partial charge on any atom is -0.385 e. The number of nitrogens with two attached hydrogens (primary N) is 1. The van der Waals surface area contributed by atoms with Crippen LogP contribution in [0.3, 0.4) is 0 Å². The van der Waals surface area contributed by atoms with Gasteiger partial charge in [-0.2, -0.15) is 5.26 Å². The average molecular weight is 213 g/mol. The average Bonchev–Trinajstić information content (AvgIpc) is 2.25. The Kier molecular flexibility index (Phi) is 8.73. The van der Waals surface area contributed by atoms with Gasteiger partial charge in [-0.15, -0.1) is 0 Å². The van der Waals surface area contributed by atoms with E-state index in [1.807, 2.05) is 0 Å². The van der Waals surface area contributed by atoms with Gasteiger partial charge in [0.2, 0.25) is 5.91 Å². The quantitative estimate of drug-likeness (QED) is 0.562. The highest BCUT2D eigenvalue weighted by Gasteiger charge is 2.11. The van der Waals surface area contributed by atoms with Gasteiger partial charge in [0, 0.05) is 26.7 Å². The van der Waals surface area contributed by atoms with E-state index in [9.17, 15) is 4.79 Å². The largest absolute Gasteiger partial charge is 0.385 e. The minimum atomic E-state index is -0.499. The molecule has 0 radical (unpaired) electrons. The third-order valence-electron chi connectivity index (χ3n) is 1.98. The maximum atomic E-state index is 11.3. The number of amides is 1. The fraction of sp³-hybridized carbons (Fsp3) is 0.800. The maximum Gasteiger partial charge on any atom is 0.237 e. The van der Waals surface area contributed by atoms with Crippen molar-refractivity contribution in [1.29, 1.82) is 5.26 Å². The first-order valence-corrected chi connectivity index (χ1v) is 5.11. The number of hydrogen-bond donors (Lipinski definition) is 2. The van der Waals surface area contributed by atoms with Crippen LogP contribution >= 0.6 is 0 Å². The van der Waals surface area contributed by atoms with Crippen molar-refractivity contribution in [3.8, 4) is 6.07 Å². The van der Waals surface area contributed by atoms with Crippen molar-refractivity contribution in [2.45, 2.75) is 31.7 Å². The number of nitrogens with zero attached hydrogens (tertiary/aromatic N) is 1. The number of ether oxygens (including phenoxy) is 1. The highest BCUT2D eigenvalue weighted by atomic mass is 16.5. The summed E-state index contributed by atoms with van der Waals surface area (Å²) >= 11 is 0. The van der Waals surface area contributed by atoms with Crippen molar-refractivity contribution in [1.82, 2.24) is 5.32 Å². The molecule has 0 aliphatic rings. The molecule has 0 saturated carbocycles. The van der Waals surface area contributed by atoms with E-state index >= 15 is 0 Å². The monoisotopic (exact) mass is 213 g/mol. The number of carbonyl (C=O) groups excluding carboxylic acids is 1. The molecule has 0 saturated heterocycles. The lowest BCUT2D eigenvalue weighted by Gasteiger charge is -2.11. The molecule has 5 heteroatoms. The van der Waals surface area contributed by atoms with Crippen LogP contribution in [-0.2, 0) is 9.53 Å². The number of nitriles is 1. The van der Waals surface area contributed by atoms with Gasteiger partial charge in [0.1, 0.15) is 0 Å². The number of hydrogen-bond acceptors (Lipinski definition) is 4. The number of carbonyl (C=O) groups is 1. The van der Waals surface area contributed by atoms with E-state index in [1.54, 1.807) is 7.11 Å². The molecule has 1 atom stereocenters. The predicted octanol–water partition coefficient (Wildman–Crippen LogP) is 0.160. The Balaban J connectivity index is 3.43. The van der Waals surface area contributed by atoms with Crippen molar-refractivity contribution in [3.05, 3.63) is 0 Å². The number of rotatable bonds is 8. The highest BCUT2D eigenvalue weighted by molar-refractivity contribution is 5.81. The van der Waals surface area contributed by atoms with Gasteiger partial charge in [-0.1, -0.05) is 0 Å². The predicted molar refractivity (Wildman–Crippen MR) is 56.9 cm³/mol. The summed E-state index contributed by atoms with van der Waals surface area (Å²) in [4.78, 5) is 11.3. The van der Waals surface area contributed by atoms with Gasteiger partial charge in [0.15, 0.2) is 0 Å². The molecule has 0 spiro atoms. The first kappa shape index (κ1) is 13.9. The fourth-order valence-electron chi connectivity index (χ4n) is 1.05. The minimum absolute atomic E-state index is 0.149. The molecule has 0 aliphatic heterocycles. The molecule has 0 fully saturated rings. The van der Waals surface area contributed by atoms with Gasteiger partial charge < -0.3 is 15.8 Å². The first-order valence-electron chi connectivity index (χ1n) is 5.11. The van der Waals surface area contributed by atoms with E-state index < -0.39 is 6.04 Å². The Morgan fingerprint density at radius 3 is 2.93 bits per heavy atom. The summed E-state index contributed by atoms with van der Waals surface area (Å²) in [5, 5.41) is 11.0. The standard InChI is InChI=1S/C10H19N3O2/c1-15-8-5-9(12)10(14)13-7-4-2-3-6-11/h9H,2-5,7-8,12H2,1H3,(H,13,14). The lowest BCUT2D eigenvalue weighted by molar-refractivity contribution is -0.122. The van der Waals surface area contributed by atoms with Gasteiger partial charge in [-0.3, -0.25) is 4.79 Å². The molecule has 0 aromatic heterocycles. The summed E-state index contributed by atoms with van der Waals surface area (Å²) in [5.74, 6) is -0.149. The second-order valence-corrected chi connectivity index (χ2v) is 3.29. The topological polar surface area (TPSA) is 88.1 Å². The molecule has 15 heavy (non-hydrogen) atoms. The van der Waals surface area contributed by atoms with Crippen LogP contribution in [0.2, 0.25) is 0 Å². The fourth-order valence-corrected chi connectivity index (χ4v) is 1.05. The Morgan fingerprint density at radius 1 is 1.60 bits per heavy atom. The second-order valence-electron chi connectivity index (χ2n) is 3.29. The zero-order valence-corrected chi connectivity index (χ0v) is 9.16. The van der Waals surface area contributed by atoms with E-state index in [4.69, 9.17) is 15.7 Å². The van der Waals surface area contributed by atoms with Gasteiger partial charge in [-0.05, 0) is 19.3 Å². The van der Waals surface area contributed by atoms with Crippen molar-refractivity contribution in [3.63, 3.8) is 0 Å². The van der Waals surface area contributed by atoms with E-state index in [-0.39, 0.29) is 5.91 Å². The van der Waals surface area contributed by atoms with Crippen LogP contribution < -0.4 is 11.1 Å². The van der Waals surface area contributed by atoms with Crippen molar-refractivity contribution >= 4 is 5.91 Å². The van der Waals surface area contributed by atoms with Gasteiger partial charge >= 0.3 is 0 Å². The molecule has 0 heterocycles. The van der Waals surface area contributed by atoms with Crippen LogP contribution in [0.25, 0.3) is 0 Å². The first-order chi connectivity index (χ1) is 7.22. The summed E-state index contributed by atoms with van der Waals surface area (Å²) < 4.78 is 4.82. The summed E-state index contributed by atoms with van der Waals surface area (Å²) in [6.07, 6.45) is 2.69. The van der Waals surface area contributed by atoms with E-state index in [0.717, 1.165) is 12.8 Å². The lowest BCUT2D eigenvalue weighted by atomic mass is 10.2. The normalized spacial score (nSPS) is 11.8. The van der Waals surface area contributed by atoms with Crippen molar-refractivity contribution in [2.75, 3.05) is 20.3 Å². The van der Waals surface area contributed by atoms with Gasteiger partial charge in [0.05, 0.1) is 12.1 Å². The zero-order valence-electron chi connectivity index (χ0n) is 9.16.